The number of rotatable bonds is 3. The van der Waals surface area contributed by atoms with Crippen LogP contribution in [0.25, 0.3) is 0 Å². The number of hydrogen-bond acceptors (Lipinski definition) is 4. The maximum Gasteiger partial charge on any atom is 0.236 e. The van der Waals surface area contributed by atoms with E-state index in [9.17, 15) is 4.79 Å². The van der Waals surface area contributed by atoms with Gasteiger partial charge in [0.05, 0.1) is 6.54 Å². The Balaban J connectivity index is 1.82. The van der Waals surface area contributed by atoms with Crippen LogP contribution in [0.2, 0.25) is 0 Å². The van der Waals surface area contributed by atoms with E-state index in [-0.39, 0.29) is 5.91 Å². The molecule has 1 amide bonds. The number of hydrogen-bond donors (Lipinski definition) is 1. The van der Waals surface area contributed by atoms with Gasteiger partial charge in [-0.2, -0.15) is 11.8 Å². The van der Waals surface area contributed by atoms with E-state index >= 15 is 0 Å². The van der Waals surface area contributed by atoms with Gasteiger partial charge in [-0.3, -0.25) is 9.69 Å². The molecule has 0 aromatic carbocycles. The van der Waals surface area contributed by atoms with E-state index in [4.69, 9.17) is 0 Å². The molecule has 0 bridgehead atoms. The second-order valence-corrected chi connectivity index (χ2v) is 7.61. The summed E-state index contributed by atoms with van der Waals surface area (Å²) in [5, 5.41) is 3.29. The van der Waals surface area contributed by atoms with Crippen LogP contribution in [-0.4, -0.2) is 73.0 Å². The van der Waals surface area contributed by atoms with Gasteiger partial charge in [0, 0.05) is 38.0 Å². The summed E-state index contributed by atoms with van der Waals surface area (Å²) in [6.07, 6.45) is 1.20. The zero-order chi connectivity index (χ0) is 13.9. The summed E-state index contributed by atoms with van der Waals surface area (Å²) in [6, 6.07) is 0.542. The Kier molecular flexibility index (Phi) is 5.15. The number of piperazine rings is 1. The monoisotopic (exact) mass is 285 g/mol. The highest BCUT2D eigenvalue weighted by atomic mass is 32.2. The lowest BCUT2D eigenvalue weighted by Gasteiger charge is -2.39. The van der Waals surface area contributed by atoms with Crippen molar-refractivity contribution in [3.63, 3.8) is 0 Å². The van der Waals surface area contributed by atoms with E-state index in [1.165, 1.54) is 12.2 Å². The van der Waals surface area contributed by atoms with Gasteiger partial charge in [0.15, 0.2) is 0 Å². The van der Waals surface area contributed by atoms with Crippen LogP contribution < -0.4 is 5.32 Å². The number of carbonyl (C=O) groups excluding carboxylic acids is 1. The number of likely N-dealkylation sites (N-methyl/N-ethyl adjacent to an activating group) is 1. The highest BCUT2D eigenvalue weighted by Crippen LogP contribution is 2.35. The van der Waals surface area contributed by atoms with Crippen LogP contribution in [0.3, 0.4) is 0 Å². The third-order valence-electron chi connectivity index (χ3n) is 4.07. The zero-order valence-corrected chi connectivity index (χ0v) is 13.3. The number of thioether (sulfide) groups is 1. The first-order chi connectivity index (χ1) is 8.98. The molecule has 19 heavy (non-hydrogen) atoms. The fourth-order valence-corrected chi connectivity index (χ4v) is 4.30. The minimum absolute atomic E-state index is 0.289. The van der Waals surface area contributed by atoms with E-state index in [1.807, 2.05) is 16.7 Å². The van der Waals surface area contributed by atoms with Crippen molar-refractivity contribution in [2.45, 2.75) is 26.3 Å². The maximum atomic E-state index is 12.3. The fourth-order valence-electron chi connectivity index (χ4n) is 2.87. The van der Waals surface area contributed by atoms with Gasteiger partial charge < -0.3 is 10.2 Å². The normalized spacial score (nSPS) is 27.6. The van der Waals surface area contributed by atoms with Gasteiger partial charge in [-0.15, -0.1) is 0 Å². The predicted octanol–water partition coefficient (Wildman–Crippen LogP) is 0.882. The second kappa shape index (κ2) is 6.46. The van der Waals surface area contributed by atoms with Crippen molar-refractivity contribution in [2.24, 2.45) is 5.41 Å². The van der Waals surface area contributed by atoms with Crippen molar-refractivity contribution >= 4 is 17.7 Å². The zero-order valence-electron chi connectivity index (χ0n) is 12.4. The van der Waals surface area contributed by atoms with Crippen molar-refractivity contribution in [1.82, 2.24) is 15.1 Å². The van der Waals surface area contributed by atoms with Crippen LogP contribution in [0.5, 0.6) is 0 Å². The van der Waals surface area contributed by atoms with Gasteiger partial charge >= 0.3 is 0 Å². The average Bonchev–Trinajstić information content (AvgIpc) is 2.38. The minimum atomic E-state index is 0.289. The number of amides is 1. The number of nitrogens with one attached hydrogen (secondary N) is 1. The van der Waals surface area contributed by atoms with Gasteiger partial charge in [-0.1, -0.05) is 13.8 Å². The Morgan fingerprint density at radius 2 is 2.11 bits per heavy atom. The molecule has 1 unspecified atom stereocenters. The van der Waals surface area contributed by atoms with Crippen LogP contribution in [0.15, 0.2) is 0 Å². The molecule has 0 aromatic heterocycles. The first kappa shape index (κ1) is 15.1. The molecule has 1 N–H and O–H groups in total. The van der Waals surface area contributed by atoms with E-state index in [0.29, 0.717) is 18.0 Å². The Morgan fingerprint density at radius 3 is 2.74 bits per heavy atom. The quantitative estimate of drug-likeness (QED) is 0.835. The van der Waals surface area contributed by atoms with E-state index in [1.54, 1.807) is 0 Å². The largest absolute Gasteiger partial charge is 0.339 e. The molecule has 2 aliphatic rings. The van der Waals surface area contributed by atoms with Crippen molar-refractivity contribution in [1.29, 1.82) is 0 Å². The highest BCUT2D eigenvalue weighted by molar-refractivity contribution is 7.99. The fraction of sp³-hybridized carbons (Fsp3) is 0.929. The van der Waals surface area contributed by atoms with Gasteiger partial charge in [0.25, 0.3) is 0 Å². The Labute approximate surface area is 121 Å². The van der Waals surface area contributed by atoms with Gasteiger partial charge in [0.2, 0.25) is 5.91 Å². The predicted molar refractivity (Wildman–Crippen MR) is 81.6 cm³/mol. The molecule has 2 heterocycles. The Bertz CT molecular complexity index is 316. The summed E-state index contributed by atoms with van der Waals surface area (Å²) in [5.41, 5.74) is 0.403. The van der Waals surface area contributed by atoms with Crippen LogP contribution in [0, 0.1) is 5.41 Å². The summed E-state index contributed by atoms with van der Waals surface area (Å²) in [6.45, 7) is 8.82. The maximum absolute atomic E-state index is 12.3. The van der Waals surface area contributed by atoms with E-state index in [2.05, 4.69) is 31.1 Å². The lowest BCUT2D eigenvalue weighted by molar-refractivity contribution is -0.133. The van der Waals surface area contributed by atoms with Crippen molar-refractivity contribution in [3.8, 4) is 0 Å². The van der Waals surface area contributed by atoms with Gasteiger partial charge in [-0.25, -0.2) is 0 Å². The third kappa shape index (κ3) is 4.36. The average molecular weight is 285 g/mol. The smallest absolute Gasteiger partial charge is 0.236 e. The summed E-state index contributed by atoms with van der Waals surface area (Å²) in [5.74, 6) is 2.69. The summed E-state index contributed by atoms with van der Waals surface area (Å²) >= 11 is 2.02. The van der Waals surface area contributed by atoms with Crippen molar-refractivity contribution in [3.05, 3.63) is 0 Å². The molecular weight excluding hydrogens is 258 g/mol. The molecular formula is C14H27N3OS. The topological polar surface area (TPSA) is 35.6 Å². The first-order valence-electron chi connectivity index (χ1n) is 7.24. The summed E-state index contributed by atoms with van der Waals surface area (Å²) in [7, 11) is 2.10. The SMILES string of the molecule is CN(CC(=O)N1CCNCC1)C1CSCC(C)(C)C1. The number of carbonyl (C=O) groups is 1. The van der Waals surface area contributed by atoms with Gasteiger partial charge in [0.1, 0.15) is 0 Å². The lowest BCUT2D eigenvalue weighted by atomic mass is 9.87. The molecule has 1 atom stereocenters. The molecule has 110 valence electrons. The van der Waals surface area contributed by atoms with Crippen LogP contribution in [-0.2, 0) is 4.79 Å². The molecule has 2 saturated heterocycles. The molecule has 2 rings (SSSR count). The van der Waals surface area contributed by atoms with Crippen molar-refractivity contribution < 1.29 is 4.79 Å². The highest BCUT2D eigenvalue weighted by Gasteiger charge is 2.31. The van der Waals surface area contributed by atoms with Crippen LogP contribution >= 0.6 is 11.8 Å². The standard InChI is InChI=1S/C14H27N3OS/c1-14(2)8-12(10-19-11-14)16(3)9-13(18)17-6-4-15-5-7-17/h12,15H,4-11H2,1-3H3. The summed E-state index contributed by atoms with van der Waals surface area (Å²) < 4.78 is 0. The summed E-state index contributed by atoms with van der Waals surface area (Å²) in [4.78, 5) is 16.5. The van der Waals surface area contributed by atoms with Crippen LogP contribution in [0.1, 0.15) is 20.3 Å². The first-order valence-corrected chi connectivity index (χ1v) is 8.40. The molecule has 0 aromatic rings. The molecule has 0 spiro atoms. The Morgan fingerprint density at radius 1 is 1.42 bits per heavy atom. The molecule has 0 radical (unpaired) electrons. The lowest BCUT2D eigenvalue weighted by Crippen LogP contribution is -2.51. The molecule has 0 aliphatic carbocycles. The molecule has 0 saturated carbocycles. The molecule has 2 fully saturated rings. The van der Waals surface area contributed by atoms with E-state index in [0.717, 1.165) is 31.9 Å². The molecule has 4 nitrogen and oxygen atoms in total. The third-order valence-corrected chi connectivity index (χ3v) is 5.68. The van der Waals surface area contributed by atoms with E-state index < -0.39 is 0 Å². The van der Waals surface area contributed by atoms with Crippen LogP contribution in [0.4, 0.5) is 0 Å². The minimum Gasteiger partial charge on any atom is -0.339 e. The van der Waals surface area contributed by atoms with Gasteiger partial charge in [-0.05, 0) is 24.6 Å². The molecule has 5 heteroatoms. The Hall–Kier alpha value is -0.260. The number of nitrogens with zero attached hydrogens (tertiary/aromatic N) is 2. The van der Waals surface area contributed by atoms with Crippen molar-refractivity contribution in [2.75, 3.05) is 51.3 Å². The second-order valence-electron chi connectivity index (χ2n) is 6.58. The molecule has 2 aliphatic heterocycles.